The second kappa shape index (κ2) is 8.50. The SMILES string of the molecule is CC=CNCCOCCC. The van der Waals surface area contributed by atoms with Crippen molar-refractivity contribution in [2.24, 2.45) is 0 Å². The second-order valence-electron chi connectivity index (χ2n) is 2.07. The molecule has 0 aromatic heterocycles. The highest BCUT2D eigenvalue weighted by Crippen LogP contribution is 1.77. The molecule has 0 fully saturated rings. The van der Waals surface area contributed by atoms with E-state index < -0.39 is 0 Å². The van der Waals surface area contributed by atoms with Crippen molar-refractivity contribution in [1.29, 1.82) is 0 Å². The Morgan fingerprint density at radius 1 is 1.40 bits per heavy atom. The predicted octanol–water partition coefficient (Wildman–Crippen LogP) is 1.54. The van der Waals surface area contributed by atoms with Crippen LogP contribution in [-0.4, -0.2) is 19.8 Å². The lowest BCUT2D eigenvalue weighted by Crippen LogP contribution is -2.13. The molecule has 0 bridgehead atoms. The van der Waals surface area contributed by atoms with Crippen molar-refractivity contribution >= 4 is 0 Å². The van der Waals surface area contributed by atoms with Crippen molar-refractivity contribution in [2.45, 2.75) is 20.3 Å². The minimum Gasteiger partial charge on any atom is -0.389 e. The Kier molecular flexibility index (Phi) is 8.07. The first kappa shape index (κ1) is 9.50. The van der Waals surface area contributed by atoms with E-state index in [1.807, 2.05) is 19.2 Å². The number of hydrogen-bond acceptors (Lipinski definition) is 2. The van der Waals surface area contributed by atoms with Gasteiger partial charge in [0.05, 0.1) is 6.61 Å². The van der Waals surface area contributed by atoms with Crippen LogP contribution in [0.1, 0.15) is 20.3 Å². The van der Waals surface area contributed by atoms with Crippen LogP contribution in [0, 0.1) is 0 Å². The minimum atomic E-state index is 0.804. The summed E-state index contributed by atoms with van der Waals surface area (Å²) in [5.74, 6) is 0. The Hall–Kier alpha value is -0.500. The Morgan fingerprint density at radius 2 is 2.20 bits per heavy atom. The summed E-state index contributed by atoms with van der Waals surface area (Å²) in [5, 5.41) is 3.09. The molecule has 10 heavy (non-hydrogen) atoms. The first-order valence-corrected chi connectivity index (χ1v) is 3.84. The summed E-state index contributed by atoms with van der Waals surface area (Å²) >= 11 is 0. The highest BCUT2D eigenvalue weighted by Gasteiger charge is 1.81. The average Bonchev–Trinajstić information content (AvgIpc) is 1.97. The molecule has 2 nitrogen and oxygen atoms in total. The third-order valence-corrected chi connectivity index (χ3v) is 1.02. The highest BCUT2D eigenvalue weighted by molar-refractivity contribution is 4.73. The van der Waals surface area contributed by atoms with E-state index in [9.17, 15) is 0 Å². The molecule has 0 radical (unpaired) electrons. The van der Waals surface area contributed by atoms with Crippen LogP contribution in [0.3, 0.4) is 0 Å². The van der Waals surface area contributed by atoms with Gasteiger partial charge in [-0.2, -0.15) is 0 Å². The summed E-state index contributed by atoms with van der Waals surface area (Å²) in [7, 11) is 0. The lowest BCUT2D eigenvalue weighted by molar-refractivity contribution is 0.139. The summed E-state index contributed by atoms with van der Waals surface area (Å²) in [5.41, 5.74) is 0. The summed E-state index contributed by atoms with van der Waals surface area (Å²) < 4.78 is 5.23. The number of rotatable bonds is 6. The fourth-order valence-corrected chi connectivity index (χ4v) is 0.579. The molecule has 0 aliphatic rings. The lowest BCUT2D eigenvalue weighted by atomic mass is 10.5. The van der Waals surface area contributed by atoms with E-state index in [0.717, 1.165) is 26.2 Å². The number of ether oxygens (including phenoxy) is 1. The molecule has 60 valence electrons. The molecule has 0 aliphatic heterocycles. The van der Waals surface area contributed by atoms with Crippen LogP contribution in [-0.2, 0) is 4.74 Å². The molecule has 1 N–H and O–H groups in total. The van der Waals surface area contributed by atoms with Crippen LogP contribution in [0.25, 0.3) is 0 Å². The van der Waals surface area contributed by atoms with Crippen molar-refractivity contribution in [2.75, 3.05) is 19.8 Å². The molecule has 0 heterocycles. The zero-order valence-electron chi connectivity index (χ0n) is 6.89. The normalized spacial score (nSPS) is 10.6. The van der Waals surface area contributed by atoms with Crippen molar-refractivity contribution in [3.05, 3.63) is 12.3 Å². The maximum absolute atomic E-state index is 5.23. The van der Waals surface area contributed by atoms with E-state index in [4.69, 9.17) is 4.74 Å². The van der Waals surface area contributed by atoms with Gasteiger partial charge in [0, 0.05) is 13.2 Å². The first-order chi connectivity index (χ1) is 4.91. The standard InChI is InChI=1S/C8H17NO/c1-3-5-9-6-8-10-7-4-2/h3,5,9H,4,6-8H2,1-2H3. The largest absolute Gasteiger partial charge is 0.389 e. The van der Waals surface area contributed by atoms with Crippen LogP contribution in [0.4, 0.5) is 0 Å². The molecular formula is C8H17NO. The van der Waals surface area contributed by atoms with Gasteiger partial charge >= 0.3 is 0 Å². The molecule has 0 unspecified atom stereocenters. The molecule has 0 saturated carbocycles. The number of nitrogens with one attached hydrogen (secondary N) is 1. The van der Waals surface area contributed by atoms with Crippen LogP contribution in [0.15, 0.2) is 12.3 Å². The minimum absolute atomic E-state index is 0.804. The van der Waals surface area contributed by atoms with Gasteiger partial charge in [-0.3, -0.25) is 0 Å². The zero-order chi connectivity index (χ0) is 7.66. The Labute approximate surface area is 63.3 Å². The maximum Gasteiger partial charge on any atom is 0.0638 e. The van der Waals surface area contributed by atoms with Crippen molar-refractivity contribution in [1.82, 2.24) is 5.32 Å². The van der Waals surface area contributed by atoms with Crippen molar-refractivity contribution < 1.29 is 4.74 Å². The van der Waals surface area contributed by atoms with E-state index in [-0.39, 0.29) is 0 Å². The second-order valence-corrected chi connectivity index (χ2v) is 2.07. The van der Waals surface area contributed by atoms with Crippen molar-refractivity contribution in [3.63, 3.8) is 0 Å². The summed E-state index contributed by atoms with van der Waals surface area (Å²) in [6, 6.07) is 0. The van der Waals surface area contributed by atoms with E-state index in [1.165, 1.54) is 0 Å². The summed E-state index contributed by atoms with van der Waals surface area (Å²) in [4.78, 5) is 0. The molecule has 2 heteroatoms. The van der Waals surface area contributed by atoms with E-state index in [2.05, 4.69) is 12.2 Å². The van der Waals surface area contributed by atoms with Gasteiger partial charge in [0.25, 0.3) is 0 Å². The zero-order valence-corrected chi connectivity index (χ0v) is 6.89. The fraction of sp³-hybridized carbons (Fsp3) is 0.750. The lowest BCUT2D eigenvalue weighted by Gasteiger charge is -2.00. The van der Waals surface area contributed by atoms with E-state index in [0.29, 0.717) is 0 Å². The van der Waals surface area contributed by atoms with E-state index in [1.54, 1.807) is 0 Å². The topological polar surface area (TPSA) is 21.3 Å². The molecule has 0 amide bonds. The quantitative estimate of drug-likeness (QED) is 0.569. The smallest absolute Gasteiger partial charge is 0.0638 e. The number of hydrogen-bond donors (Lipinski definition) is 1. The van der Waals surface area contributed by atoms with Gasteiger partial charge in [-0.15, -0.1) is 0 Å². The summed E-state index contributed by atoms with van der Waals surface area (Å²) in [6.45, 7) is 6.68. The van der Waals surface area contributed by atoms with Gasteiger partial charge in [0.15, 0.2) is 0 Å². The van der Waals surface area contributed by atoms with Gasteiger partial charge in [0.1, 0.15) is 0 Å². The molecule has 0 aromatic carbocycles. The molecule has 0 atom stereocenters. The predicted molar refractivity (Wildman–Crippen MR) is 43.9 cm³/mol. The van der Waals surface area contributed by atoms with Crippen LogP contribution in [0.2, 0.25) is 0 Å². The highest BCUT2D eigenvalue weighted by atomic mass is 16.5. The van der Waals surface area contributed by atoms with Gasteiger partial charge in [-0.1, -0.05) is 13.0 Å². The van der Waals surface area contributed by atoms with Gasteiger partial charge in [-0.05, 0) is 19.5 Å². The van der Waals surface area contributed by atoms with Crippen LogP contribution < -0.4 is 5.32 Å². The monoisotopic (exact) mass is 143 g/mol. The molecule has 0 aromatic rings. The molecule has 0 aliphatic carbocycles. The Balaban J connectivity index is 2.77. The van der Waals surface area contributed by atoms with Gasteiger partial charge in [-0.25, -0.2) is 0 Å². The maximum atomic E-state index is 5.23. The van der Waals surface area contributed by atoms with Crippen LogP contribution >= 0.6 is 0 Å². The Morgan fingerprint density at radius 3 is 2.80 bits per heavy atom. The molecule has 0 spiro atoms. The average molecular weight is 143 g/mol. The van der Waals surface area contributed by atoms with Gasteiger partial charge in [0.2, 0.25) is 0 Å². The van der Waals surface area contributed by atoms with E-state index >= 15 is 0 Å². The first-order valence-electron chi connectivity index (χ1n) is 3.84. The van der Waals surface area contributed by atoms with Gasteiger partial charge < -0.3 is 10.1 Å². The Bertz CT molecular complexity index is 81.3. The fourth-order valence-electron chi connectivity index (χ4n) is 0.579. The third-order valence-electron chi connectivity index (χ3n) is 1.02. The molecule has 0 rings (SSSR count). The summed E-state index contributed by atoms with van der Waals surface area (Å²) in [6.07, 6.45) is 5.00. The van der Waals surface area contributed by atoms with Crippen molar-refractivity contribution in [3.8, 4) is 0 Å². The molecule has 0 saturated heterocycles. The third kappa shape index (κ3) is 7.50. The molecular weight excluding hydrogens is 126 g/mol. The number of allylic oxidation sites excluding steroid dienone is 1. The van der Waals surface area contributed by atoms with Crippen LogP contribution in [0.5, 0.6) is 0 Å².